The second kappa shape index (κ2) is 10.5. The summed E-state index contributed by atoms with van der Waals surface area (Å²) in [5.41, 5.74) is 7.10. The number of rotatable bonds is 10. The zero-order valence-corrected chi connectivity index (χ0v) is 16.6. The number of ether oxygens (including phenoxy) is 1. The second-order valence-corrected chi connectivity index (χ2v) is 7.09. The molecule has 0 radical (unpaired) electrons. The fourth-order valence-corrected chi connectivity index (χ4v) is 3.52. The lowest BCUT2D eigenvalue weighted by molar-refractivity contribution is 0.283. The summed E-state index contributed by atoms with van der Waals surface area (Å²) < 4.78 is 6.08. The molecule has 1 aromatic heterocycles. The number of anilines is 2. The first kappa shape index (κ1) is 19.9. The molecule has 1 aliphatic carbocycles. The van der Waals surface area contributed by atoms with Crippen LogP contribution < -0.4 is 15.8 Å². The number of nitrogens with one attached hydrogen (secondary N) is 1. The number of hydrogen-bond donors (Lipinski definition) is 2. The maximum atomic E-state index is 6.08. The highest BCUT2D eigenvalue weighted by Crippen LogP contribution is 2.33. The van der Waals surface area contributed by atoms with Crippen LogP contribution >= 0.6 is 0 Å². The Bertz CT molecular complexity index is 788. The van der Waals surface area contributed by atoms with E-state index in [1.165, 1.54) is 5.56 Å². The van der Waals surface area contributed by atoms with Gasteiger partial charge in [0, 0.05) is 6.54 Å². The van der Waals surface area contributed by atoms with Gasteiger partial charge in [-0.2, -0.15) is 4.98 Å². The normalized spacial score (nSPS) is 16.7. The molecule has 1 aromatic carbocycles. The van der Waals surface area contributed by atoms with Gasteiger partial charge in [0.2, 0.25) is 5.95 Å². The average molecular weight is 379 g/mol. The smallest absolute Gasteiger partial charge is 0.222 e. The molecule has 2 aromatic rings. The molecule has 5 heteroatoms. The SMILES string of the molecule is CCCCNc1nc(N)ncc1OCCC(c1ccccc1)C1C=CC=CC1. The lowest BCUT2D eigenvalue weighted by Gasteiger charge is -2.26. The molecule has 0 bridgehead atoms. The molecule has 3 rings (SSSR count). The van der Waals surface area contributed by atoms with Gasteiger partial charge in [0.25, 0.3) is 0 Å². The number of nitrogens with zero attached hydrogens (tertiary/aromatic N) is 2. The largest absolute Gasteiger partial charge is 0.488 e. The Hall–Kier alpha value is -2.82. The first-order chi connectivity index (χ1) is 13.8. The van der Waals surface area contributed by atoms with Crippen molar-refractivity contribution in [1.29, 1.82) is 0 Å². The van der Waals surface area contributed by atoms with Gasteiger partial charge in [-0.25, -0.2) is 4.98 Å². The molecule has 0 fully saturated rings. The van der Waals surface area contributed by atoms with Crippen molar-refractivity contribution in [2.24, 2.45) is 5.92 Å². The average Bonchev–Trinajstić information content (AvgIpc) is 2.74. The van der Waals surface area contributed by atoms with Crippen molar-refractivity contribution in [2.75, 3.05) is 24.2 Å². The fraction of sp³-hybridized carbons (Fsp3) is 0.391. The van der Waals surface area contributed by atoms with Gasteiger partial charge < -0.3 is 15.8 Å². The Morgan fingerprint density at radius 1 is 1.25 bits per heavy atom. The summed E-state index contributed by atoms with van der Waals surface area (Å²) in [4.78, 5) is 8.40. The van der Waals surface area contributed by atoms with Crippen molar-refractivity contribution >= 4 is 11.8 Å². The predicted molar refractivity (Wildman–Crippen MR) is 116 cm³/mol. The fourth-order valence-electron chi connectivity index (χ4n) is 3.52. The van der Waals surface area contributed by atoms with E-state index in [-0.39, 0.29) is 5.95 Å². The lowest BCUT2D eigenvalue weighted by atomic mass is 9.80. The third kappa shape index (κ3) is 5.59. The molecule has 148 valence electrons. The summed E-state index contributed by atoms with van der Waals surface area (Å²) in [7, 11) is 0. The van der Waals surface area contributed by atoms with Crippen LogP contribution in [0.1, 0.15) is 44.1 Å². The Labute approximate surface area is 167 Å². The molecule has 0 amide bonds. The van der Waals surface area contributed by atoms with Crippen LogP contribution in [0.5, 0.6) is 5.75 Å². The Morgan fingerprint density at radius 2 is 2.11 bits per heavy atom. The van der Waals surface area contributed by atoms with E-state index in [2.05, 4.69) is 76.8 Å². The molecule has 1 aliphatic rings. The van der Waals surface area contributed by atoms with Crippen LogP contribution in [0.15, 0.2) is 60.8 Å². The van der Waals surface area contributed by atoms with Crippen molar-refractivity contribution in [3.05, 3.63) is 66.4 Å². The highest BCUT2D eigenvalue weighted by atomic mass is 16.5. The summed E-state index contributed by atoms with van der Waals surface area (Å²) in [6.07, 6.45) is 14.6. The standard InChI is InChI=1S/C23H30N4O/c1-2-3-15-25-22-21(17-26-23(24)27-22)28-16-14-20(18-10-6-4-7-11-18)19-12-8-5-9-13-19/h4-12,17,19-20H,2-3,13-16H2,1H3,(H3,24,25,26,27). The zero-order chi connectivity index (χ0) is 19.6. The summed E-state index contributed by atoms with van der Waals surface area (Å²) in [6.45, 7) is 3.60. The third-order valence-electron chi connectivity index (χ3n) is 5.04. The van der Waals surface area contributed by atoms with Gasteiger partial charge in [-0.1, -0.05) is 68.0 Å². The highest BCUT2D eigenvalue weighted by Gasteiger charge is 2.21. The van der Waals surface area contributed by atoms with Gasteiger partial charge in [0.15, 0.2) is 11.6 Å². The van der Waals surface area contributed by atoms with Crippen LogP contribution in [0.25, 0.3) is 0 Å². The van der Waals surface area contributed by atoms with Gasteiger partial charge >= 0.3 is 0 Å². The first-order valence-electron chi connectivity index (χ1n) is 10.2. The van der Waals surface area contributed by atoms with E-state index in [4.69, 9.17) is 10.5 Å². The number of allylic oxidation sites excluding steroid dienone is 4. The van der Waals surface area contributed by atoms with Gasteiger partial charge in [-0.05, 0) is 36.7 Å². The summed E-state index contributed by atoms with van der Waals surface area (Å²) >= 11 is 0. The van der Waals surface area contributed by atoms with Crippen LogP contribution in [0, 0.1) is 5.92 Å². The van der Waals surface area contributed by atoms with Gasteiger partial charge in [-0.3, -0.25) is 0 Å². The molecule has 0 saturated carbocycles. The second-order valence-electron chi connectivity index (χ2n) is 7.09. The van der Waals surface area contributed by atoms with Crippen molar-refractivity contribution in [2.45, 2.75) is 38.5 Å². The predicted octanol–water partition coefficient (Wildman–Crippen LogP) is 4.96. The van der Waals surface area contributed by atoms with Gasteiger partial charge in [0.1, 0.15) is 0 Å². The molecule has 2 atom stereocenters. The summed E-state index contributed by atoms with van der Waals surface area (Å²) in [5.74, 6) is 2.50. The van der Waals surface area contributed by atoms with Crippen molar-refractivity contribution in [1.82, 2.24) is 9.97 Å². The van der Waals surface area contributed by atoms with Crippen LogP contribution in [-0.2, 0) is 0 Å². The van der Waals surface area contributed by atoms with Crippen LogP contribution in [0.2, 0.25) is 0 Å². The lowest BCUT2D eigenvalue weighted by Crippen LogP contribution is -2.16. The van der Waals surface area contributed by atoms with E-state index in [0.29, 0.717) is 30.0 Å². The van der Waals surface area contributed by atoms with E-state index in [9.17, 15) is 0 Å². The van der Waals surface area contributed by atoms with E-state index >= 15 is 0 Å². The molecular formula is C23H30N4O. The van der Waals surface area contributed by atoms with Gasteiger partial charge in [0.05, 0.1) is 12.8 Å². The number of nitrogen functional groups attached to an aromatic ring is 1. The summed E-state index contributed by atoms with van der Waals surface area (Å²) in [5, 5.41) is 3.31. The molecule has 28 heavy (non-hydrogen) atoms. The summed E-state index contributed by atoms with van der Waals surface area (Å²) in [6, 6.07) is 10.7. The first-order valence-corrected chi connectivity index (χ1v) is 10.2. The number of benzene rings is 1. The minimum absolute atomic E-state index is 0.257. The van der Waals surface area contributed by atoms with E-state index < -0.39 is 0 Å². The maximum absolute atomic E-state index is 6.08. The van der Waals surface area contributed by atoms with E-state index in [0.717, 1.165) is 32.2 Å². The van der Waals surface area contributed by atoms with Gasteiger partial charge in [-0.15, -0.1) is 0 Å². The molecule has 0 saturated heterocycles. The third-order valence-corrected chi connectivity index (χ3v) is 5.04. The number of hydrogen-bond acceptors (Lipinski definition) is 5. The monoisotopic (exact) mass is 378 g/mol. The Kier molecular flexibility index (Phi) is 7.47. The minimum Gasteiger partial charge on any atom is -0.488 e. The van der Waals surface area contributed by atoms with Crippen molar-refractivity contribution < 1.29 is 4.74 Å². The molecular weight excluding hydrogens is 348 g/mol. The topological polar surface area (TPSA) is 73.1 Å². The Balaban J connectivity index is 1.65. The molecule has 1 heterocycles. The molecule has 0 aliphatic heterocycles. The van der Waals surface area contributed by atoms with Crippen molar-refractivity contribution in [3.8, 4) is 5.75 Å². The molecule has 5 nitrogen and oxygen atoms in total. The number of unbranched alkanes of at least 4 members (excludes halogenated alkanes) is 1. The van der Waals surface area contributed by atoms with E-state index in [1.54, 1.807) is 6.20 Å². The Morgan fingerprint density at radius 3 is 2.86 bits per heavy atom. The maximum Gasteiger partial charge on any atom is 0.222 e. The zero-order valence-electron chi connectivity index (χ0n) is 16.6. The van der Waals surface area contributed by atoms with Crippen LogP contribution in [-0.4, -0.2) is 23.1 Å². The molecule has 3 N–H and O–H groups in total. The minimum atomic E-state index is 0.257. The van der Waals surface area contributed by atoms with Crippen LogP contribution in [0.3, 0.4) is 0 Å². The number of nitrogens with two attached hydrogens (primary N) is 1. The van der Waals surface area contributed by atoms with Crippen molar-refractivity contribution in [3.63, 3.8) is 0 Å². The highest BCUT2D eigenvalue weighted by molar-refractivity contribution is 5.51. The molecule has 2 unspecified atom stereocenters. The molecule has 0 spiro atoms. The van der Waals surface area contributed by atoms with Crippen LogP contribution in [0.4, 0.5) is 11.8 Å². The quantitative estimate of drug-likeness (QED) is 0.572. The van der Waals surface area contributed by atoms with E-state index in [1.807, 2.05) is 0 Å². The number of aromatic nitrogens is 2.